The number of hydroxylamine groups is 1. The van der Waals surface area contributed by atoms with Crippen LogP contribution in [0, 0.1) is 10.8 Å². The van der Waals surface area contributed by atoms with E-state index >= 15 is 0 Å². The van der Waals surface area contributed by atoms with Crippen molar-refractivity contribution in [2.45, 2.75) is 66.5 Å². The van der Waals surface area contributed by atoms with Gasteiger partial charge in [-0.15, -0.1) is 0 Å². The fraction of sp³-hybridized carbons (Fsp3) is 0.381. The molecule has 0 aliphatic carbocycles. The summed E-state index contributed by atoms with van der Waals surface area (Å²) in [7, 11) is 1.50. The van der Waals surface area contributed by atoms with Crippen LogP contribution in [-0.2, 0) is 25.7 Å². The lowest BCUT2D eigenvalue weighted by atomic mass is 9.91. The highest BCUT2D eigenvalue weighted by molar-refractivity contribution is 6.24. The van der Waals surface area contributed by atoms with E-state index in [0.29, 0.717) is 50.3 Å². The number of nitrogens with one attached hydrogen (secondary N) is 4. The molecule has 14 heteroatoms. The van der Waals surface area contributed by atoms with Gasteiger partial charge < -0.3 is 30.0 Å². The van der Waals surface area contributed by atoms with E-state index in [1.165, 1.54) is 7.05 Å². The van der Waals surface area contributed by atoms with Crippen LogP contribution < -0.4 is 21.4 Å². The molecule has 4 aromatic rings. The molecule has 298 valence electrons. The van der Waals surface area contributed by atoms with E-state index in [1.54, 1.807) is 35.8 Å². The Kier molecular flexibility index (Phi) is 14.7. The normalized spacial score (nSPS) is 13.0. The standard InChI is InChI=1S/C25H37N3O5.C17H15N3O3/c1-7-24(2,3)15-33-16-25(4,5)14-27-19-10-8-9-18-21(19)23(32)28(22(18)31)17(13-29)11-12-20(30)26-6;21-11-18-15-5-1-12(2-6-15)10-20-8-7-13-3-4-14(9-16(13)20)17(22)19-23/h8-10,13,17,27H,7,11-12,14-16H2,1-6H3,(H,26,30);1-9,11,23H,10H2,(H,18,21)(H,19,22). The van der Waals surface area contributed by atoms with E-state index in [9.17, 15) is 28.8 Å². The van der Waals surface area contributed by atoms with Gasteiger partial charge in [-0.3, -0.25) is 34.1 Å². The van der Waals surface area contributed by atoms with Gasteiger partial charge in [0.05, 0.1) is 30.4 Å². The Morgan fingerprint density at radius 1 is 0.929 bits per heavy atom. The van der Waals surface area contributed by atoms with Gasteiger partial charge in [-0.05, 0) is 71.7 Å². The first-order chi connectivity index (χ1) is 26.7. The fourth-order valence-corrected chi connectivity index (χ4v) is 6.00. The van der Waals surface area contributed by atoms with Crippen molar-refractivity contribution in [1.29, 1.82) is 0 Å². The smallest absolute Gasteiger partial charge is 0.274 e. The maximum absolute atomic E-state index is 13.2. The number of aromatic nitrogens is 1. The van der Waals surface area contributed by atoms with Gasteiger partial charge in [0.15, 0.2) is 0 Å². The first-order valence-corrected chi connectivity index (χ1v) is 18.5. The first-order valence-electron chi connectivity index (χ1n) is 18.5. The van der Waals surface area contributed by atoms with Crippen LogP contribution in [0.2, 0.25) is 0 Å². The minimum absolute atomic E-state index is 0.0431. The third-order valence-corrected chi connectivity index (χ3v) is 9.75. The summed E-state index contributed by atoms with van der Waals surface area (Å²) in [4.78, 5) is 72.3. The van der Waals surface area contributed by atoms with Crippen LogP contribution in [0.25, 0.3) is 10.9 Å². The molecule has 0 spiro atoms. The van der Waals surface area contributed by atoms with E-state index in [1.807, 2.05) is 47.2 Å². The van der Waals surface area contributed by atoms with Crippen molar-refractivity contribution in [3.63, 3.8) is 0 Å². The molecule has 0 fully saturated rings. The average Bonchev–Trinajstić information content (AvgIpc) is 3.71. The Hall–Kier alpha value is -5.86. The highest BCUT2D eigenvalue weighted by atomic mass is 16.5. The molecule has 3 aromatic carbocycles. The zero-order valence-corrected chi connectivity index (χ0v) is 32.8. The van der Waals surface area contributed by atoms with Gasteiger partial charge in [0, 0.05) is 60.6 Å². The van der Waals surface area contributed by atoms with Gasteiger partial charge in [0.1, 0.15) is 6.29 Å². The number of nitrogens with zero attached hydrogens (tertiary/aromatic N) is 2. The zero-order valence-electron chi connectivity index (χ0n) is 32.8. The second kappa shape index (κ2) is 19.1. The number of anilines is 2. The van der Waals surface area contributed by atoms with Gasteiger partial charge >= 0.3 is 0 Å². The summed E-state index contributed by atoms with van der Waals surface area (Å²) in [6.45, 7) is 13.0. The minimum Gasteiger partial charge on any atom is -0.384 e. The van der Waals surface area contributed by atoms with Crippen molar-refractivity contribution < 1.29 is 38.7 Å². The fourth-order valence-electron chi connectivity index (χ4n) is 6.00. The Labute approximate surface area is 326 Å². The number of ether oxygens (including phenoxy) is 1. The number of carbonyl (C=O) groups excluding carboxylic acids is 6. The predicted molar refractivity (Wildman–Crippen MR) is 214 cm³/mol. The average molecular weight is 769 g/mol. The van der Waals surface area contributed by atoms with Crippen molar-refractivity contribution >= 4 is 58.6 Å². The maximum Gasteiger partial charge on any atom is 0.274 e. The number of amides is 5. The highest BCUT2D eigenvalue weighted by Gasteiger charge is 2.41. The van der Waals surface area contributed by atoms with Crippen molar-refractivity contribution in [2.75, 3.05) is 37.4 Å². The van der Waals surface area contributed by atoms with Crippen molar-refractivity contribution in [1.82, 2.24) is 20.3 Å². The molecule has 14 nitrogen and oxygen atoms in total. The molecular formula is C42H52N6O8. The van der Waals surface area contributed by atoms with Gasteiger partial charge in [-0.2, -0.15) is 0 Å². The van der Waals surface area contributed by atoms with Crippen molar-refractivity contribution in [3.8, 4) is 0 Å². The quantitative estimate of drug-likeness (QED) is 0.0369. The molecular weight excluding hydrogens is 716 g/mol. The summed E-state index contributed by atoms with van der Waals surface area (Å²) < 4.78 is 7.97. The zero-order chi connectivity index (χ0) is 41.0. The summed E-state index contributed by atoms with van der Waals surface area (Å²) in [5.41, 5.74) is 5.72. The van der Waals surface area contributed by atoms with E-state index in [4.69, 9.17) is 9.94 Å². The van der Waals surface area contributed by atoms with Crippen LogP contribution in [0.4, 0.5) is 11.4 Å². The number of aldehydes is 1. The van der Waals surface area contributed by atoms with E-state index in [2.05, 4.69) is 50.6 Å². The predicted octanol–water partition coefficient (Wildman–Crippen LogP) is 5.64. The molecule has 1 aliphatic heterocycles. The largest absolute Gasteiger partial charge is 0.384 e. The summed E-state index contributed by atoms with van der Waals surface area (Å²) in [5.74, 6) is -1.83. The Bertz CT molecular complexity index is 2040. The van der Waals surface area contributed by atoms with Gasteiger partial charge in [-0.25, -0.2) is 5.48 Å². The molecule has 1 aliphatic rings. The lowest BCUT2D eigenvalue weighted by Gasteiger charge is -2.29. The third-order valence-electron chi connectivity index (χ3n) is 9.75. The van der Waals surface area contributed by atoms with Crippen LogP contribution in [0.1, 0.15) is 90.5 Å². The van der Waals surface area contributed by atoms with E-state index in [0.717, 1.165) is 33.5 Å². The number of hydrogen-bond donors (Lipinski definition) is 5. The molecule has 0 saturated heterocycles. The summed E-state index contributed by atoms with van der Waals surface area (Å²) in [5, 5.41) is 18.1. The number of rotatable bonds is 18. The molecule has 5 amide bonds. The molecule has 2 heterocycles. The van der Waals surface area contributed by atoms with E-state index in [-0.39, 0.29) is 40.7 Å². The van der Waals surface area contributed by atoms with Gasteiger partial charge in [-0.1, -0.05) is 58.9 Å². The van der Waals surface area contributed by atoms with Crippen LogP contribution >= 0.6 is 0 Å². The Morgan fingerprint density at radius 3 is 2.29 bits per heavy atom. The summed E-state index contributed by atoms with van der Waals surface area (Å²) in [6, 6.07) is 18.8. The molecule has 5 N–H and O–H groups in total. The van der Waals surface area contributed by atoms with Crippen molar-refractivity contribution in [3.05, 3.63) is 95.2 Å². The first kappa shape index (κ1) is 42.9. The summed E-state index contributed by atoms with van der Waals surface area (Å²) in [6.07, 6.45) is 4.29. The molecule has 1 unspecified atom stereocenters. The minimum atomic E-state index is -0.991. The maximum atomic E-state index is 13.2. The molecule has 0 bridgehead atoms. The van der Waals surface area contributed by atoms with E-state index < -0.39 is 23.8 Å². The number of benzene rings is 3. The molecule has 0 radical (unpaired) electrons. The second-order valence-corrected chi connectivity index (χ2v) is 15.3. The molecule has 0 saturated carbocycles. The number of hydrogen-bond acceptors (Lipinski definition) is 9. The van der Waals surface area contributed by atoms with Crippen molar-refractivity contribution in [2.24, 2.45) is 10.8 Å². The SMILES string of the molecule is CCC(C)(C)COCC(C)(C)CNc1cccc2c1C(=O)N(C(C=O)CCC(=O)NC)C2=O.O=CNc1ccc(Cn2ccc3ccc(C(=O)NO)cc32)cc1. The molecule has 1 aromatic heterocycles. The topological polar surface area (TPSA) is 188 Å². The summed E-state index contributed by atoms with van der Waals surface area (Å²) >= 11 is 0. The number of carbonyl (C=O) groups is 6. The Balaban J connectivity index is 0.000000264. The molecule has 56 heavy (non-hydrogen) atoms. The number of fused-ring (bicyclic) bond motifs is 2. The van der Waals surface area contributed by atoms with Crippen LogP contribution in [0.3, 0.4) is 0 Å². The molecule has 5 rings (SSSR count). The van der Waals surface area contributed by atoms with Crippen LogP contribution in [-0.4, -0.2) is 83.8 Å². The second-order valence-electron chi connectivity index (χ2n) is 15.3. The lowest BCUT2D eigenvalue weighted by Crippen LogP contribution is -2.41. The van der Waals surface area contributed by atoms with Crippen LogP contribution in [0.15, 0.2) is 72.9 Å². The van der Waals surface area contributed by atoms with Crippen LogP contribution in [0.5, 0.6) is 0 Å². The Morgan fingerprint density at radius 2 is 1.64 bits per heavy atom. The lowest BCUT2D eigenvalue weighted by molar-refractivity contribution is -0.121. The van der Waals surface area contributed by atoms with Gasteiger partial charge in [0.2, 0.25) is 12.3 Å². The highest BCUT2D eigenvalue weighted by Crippen LogP contribution is 2.32. The third kappa shape index (κ3) is 10.9. The van der Waals surface area contributed by atoms with Gasteiger partial charge in [0.25, 0.3) is 17.7 Å². The number of imide groups is 1. The molecule has 1 atom stereocenters. The monoisotopic (exact) mass is 768 g/mol.